The van der Waals surface area contributed by atoms with Gasteiger partial charge in [0.15, 0.2) is 0 Å². The number of carboxylic acids is 1. The molecule has 8 heteroatoms. The van der Waals surface area contributed by atoms with E-state index in [2.05, 4.69) is 10.5 Å². The van der Waals surface area contributed by atoms with E-state index in [1.54, 1.807) is 13.0 Å². The molecule has 1 aromatic heterocycles. The lowest BCUT2D eigenvalue weighted by molar-refractivity contribution is -0.149. The van der Waals surface area contributed by atoms with E-state index in [1.807, 2.05) is 0 Å². The Balaban J connectivity index is 1.85. The number of hydrogen-bond acceptors (Lipinski definition) is 6. The van der Waals surface area contributed by atoms with Gasteiger partial charge in [0.25, 0.3) is 0 Å². The van der Waals surface area contributed by atoms with Crippen molar-refractivity contribution in [2.24, 2.45) is 0 Å². The van der Waals surface area contributed by atoms with E-state index in [0.717, 1.165) is 0 Å². The molecule has 0 spiro atoms. The van der Waals surface area contributed by atoms with Gasteiger partial charge in [-0.3, -0.25) is 4.79 Å². The first kappa shape index (κ1) is 15.5. The van der Waals surface area contributed by atoms with Crippen LogP contribution in [-0.4, -0.2) is 54.1 Å². The van der Waals surface area contributed by atoms with Crippen molar-refractivity contribution < 1.29 is 28.7 Å². The first-order valence-electron chi connectivity index (χ1n) is 6.67. The lowest BCUT2D eigenvalue weighted by atomic mass is 10.1. The standard InChI is InChI=1S/C13H18N2O6/c1-8-4-9(21-15-8)5-12(16)14-10-2-3-19-6-11(10)20-7-13(17)18/h4,10-11H,2-3,5-7H2,1H3,(H,14,16)(H,17,18)/t10-,11-/m1/s1. The predicted octanol–water partition coefficient (Wildman–Crippen LogP) is -0.0996. The van der Waals surface area contributed by atoms with Gasteiger partial charge in [0.05, 0.1) is 24.8 Å². The summed E-state index contributed by atoms with van der Waals surface area (Å²) in [5, 5.41) is 15.2. The summed E-state index contributed by atoms with van der Waals surface area (Å²) in [6, 6.07) is 1.43. The van der Waals surface area contributed by atoms with Crippen molar-refractivity contribution in [3.63, 3.8) is 0 Å². The van der Waals surface area contributed by atoms with Crippen LogP contribution in [0, 0.1) is 6.92 Å². The van der Waals surface area contributed by atoms with Crippen molar-refractivity contribution in [1.82, 2.24) is 10.5 Å². The fourth-order valence-electron chi connectivity index (χ4n) is 2.14. The van der Waals surface area contributed by atoms with Crippen LogP contribution in [0.4, 0.5) is 0 Å². The van der Waals surface area contributed by atoms with Crippen molar-refractivity contribution in [1.29, 1.82) is 0 Å². The molecule has 1 aliphatic rings. The number of hydrogen-bond donors (Lipinski definition) is 2. The van der Waals surface area contributed by atoms with E-state index in [0.29, 0.717) is 24.5 Å². The summed E-state index contributed by atoms with van der Waals surface area (Å²) in [4.78, 5) is 22.5. The number of ether oxygens (including phenoxy) is 2. The van der Waals surface area contributed by atoms with Crippen LogP contribution in [0.1, 0.15) is 17.9 Å². The second-order valence-electron chi connectivity index (χ2n) is 4.89. The van der Waals surface area contributed by atoms with Gasteiger partial charge in [0, 0.05) is 12.7 Å². The molecule has 1 aromatic rings. The van der Waals surface area contributed by atoms with Crippen LogP contribution in [-0.2, 0) is 25.5 Å². The molecule has 2 heterocycles. The van der Waals surface area contributed by atoms with E-state index in [1.165, 1.54) is 0 Å². The monoisotopic (exact) mass is 298 g/mol. The molecule has 2 N–H and O–H groups in total. The molecule has 21 heavy (non-hydrogen) atoms. The number of aliphatic carboxylic acids is 1. The van der Waals surface area contributed by atoms with Gasteiger partial charge in [-0.2, -0.15) is 0 Å². The number of rotatable bonds is 6. The molecule has 2 atom stereocenters. The van der Waals surface area contributed by atoms with Gasteiger partial charge in [0.1, 0.15) is 18.5 Å². The highest BCUT2D eigenvalue weighted by Gasteiger charge is 2.28. The lowest BCUT2D eigenvalue weighted by Crippen LogP contribution is -2.50. The van der Waals surface area contributed by atoms with Crippen LogP contribution < -0.4 is 5.32 Å². The van der Waals surface area contributed by atoms with Crippen LogP contribution in [0.15, 0.2) is 10.6 Å². The normalized spacial score (nSPS) is 22.0. The minimum atomic E-state index is -1.05. The Morgan fingerprint density at radius 2 is 2.38 bits per heavy atom. The summed E-state index contributed by atoms with van der Waals surface area (Å²) >= 11 is 0. The summed E-state index contributed by atoms with van der Waals surface area (Å²) in [5.74, 6) is -0.787. The van der Waals surface area contributed by atoms with E-state index in [-0.39, 0.29) is 25.0 Å². The summed E-state index contributed by atoms with van der Waals surface area (Å²) in [5.41, 5.74) is 0.714. The van der Waals surface area contributed by atoms with E-state index in [4.69, 9.17) is 19.1 Å². The van der Waals surface area contributed by atoms with Gasteiger partial charge < -0.3 is 24.4 Å². The third-order valence-electron chi connectivity index (χ3n) is 3.08. The van der Waals surface area contributed by atoms with Crippen LogP contribution in [0.25, 0.3) is 0 Å². The fourth-order valence-corrected chi connectivity index (χ4v) is 2.14. The maximum atomic E-state index is 12.0. The van der Waals surface area contributed by atoms with Crippen LogP contribution in [0.5, 0.6) is 0 Å². The molecule has 8 nitrogen and oxygen atoms in total. The Morgan fingerprint density at radius 3 is 3.05 bits per heavy atom. The highest BCUT2D eigenvalue weighted by molar-refractivity contribution is 5.78. The molecule has 0 bridgehead atoms. The lowest BCUT2D eigenvalue weighted by Gasteiger charge is -2.31. The number of nitrogens with zero attached hydrogens (tertiary/aromatic N) is 1. The molecule has 0 aliphatic carbocycles. The highest BCUT2D eigenvalue weighted by Crippen LogP contribution is 2.12. The molecule has 2 rings (SSSR count). The van der Waals surface area contributed by atoms with Gasteiger partial charge in [-0.05, 0) is 13.3 Å². The smallest absolute Gasteiger partial charge is 0.329 e. The number of aromatic nitrogens is 1. The van der Waals surface area contributed by atoms with E-state index < -0.39 is 18.7 Å². The second-order valence-corrected chi connectivity index (χ2v) is 4.89. The largest absolute Gasteiger partial charge is 0.480 e. The Bertz CT molecular complexity index is 501. The molecule has 0 saturated carbocycles. The number of carboxylic acid groups (broad SMARTS) is 1. The minimum Gasteiger partial charge on any atom is -0.480 e. The third kappa shape index (κ3) is 4.83. The number of aryl methyl sites for hydroxylation is 1. The van der Waals surface area contributed by atoms with Crippen molar-refractivity contribution in [3.05, 3.63) is 17.5 Å². The summed E-state index contributed by atoms with van der Waals surface area (Å²) in [6.45, 7) is 2.12. The summed E-state index contributed by atoms with van der Waals surface area (Å²) in [6.07, 6.45) is 0.199. The number of nitrogens with one attached hydrogen (secondary N) is 1. The SMILES string of the molecule is Cc1cc(CC(=O)N[C@@H]2CCOC[C@H]2OCC(=O)O)on1. The van der Waals surface area contributed by atoms with Gasteiger partial charge in [-0.25, -0.2) is 4.79 Å². The van der Waals surface area contributed by atoms with Gasteiger partial charge in [-0.1, -0.05) is 5.16 Å². The van der Waals surface area contributed by atoms with Gasteiger partial charge in [-0.15, -0.1) is 0 Å². The van der Waals surface area contributed by atoms with Crippen LogP contribution in [0.3, 0.4) is 0 Å². The van der Waals surface area contributed by atoms with Crippen LogP contribution in [0.2, 0.25) is 0 Å². The average Bonchev–Trinajstić information content (AvgIpc) is 2.83. The van der Waals surface area contributed by atoms with Crippen molar-refractivity contribution in [3.8, 4) is 0 Å². The molecule has 1 aliphatic heterocycles. The predicted molar refractivity (Wildman–Crippen MR) is 69.7 cm³/mol. The maximum absolute atomic E-state index is 12.0. The summed E-state index contributed by atoms with van der Waals surface area (Å²) in [7, 11) is 0. The summed E-state index contributed by atoms with van der Waals surface area (Å²) < 4.78 is 15.5. The molecule has 0 unspecified atom stereocenters. The number of carbonyl (C=O) groups excluding carboxylic acids is 1. The molecule has 116 valence electrons. The van der Waals surface area contributed by atoms with E-state index in [9.17, 15) is 9.59 Å². The highest BCUT2D eigenvalue weighted by atomic mass is 16.5. The maximum Gasteiger partial charge on any atom is 0.329 e. The Labute approximate surface area is 121 Å². The first-order chi connectivity index (χ1) is 10.0. The van der Waals surface area contributed by atoms with Gasteiger partial charge in [0.2, 0.25) is 5.91 Å². The van der Waals surface area contributed by atoms with Crippen molar-refractivity contribution in [2.45, 2.75) is 31.9 Å². The molecule has 0 radical (unpaired) electrons. The van der Waals surface area contributed by atoms with Crippen LogP contribution >= 0.6 is 0 Å². The second kappa shape index (κ2) is 7.19. The molecule has 0 aromatic carbocycles. The Morgan fingerprint density at radius 1 is 1.57 bits per heavy atom. The zero-order valence-corrected chi connectivity index (χ0v) is 11.7. The quantitative estimate of drug-likeness (QED) is 0.754. The number of amides is 1. The van der Waals surface area contributed by atoms with Crippen molar-refractivity contribution >= 4 is 11.9 Å². The molecular formula is C13H18N2O6. The molecule has 1 saturated heterocycles. The van der Waals surface area contributed by atoms with E-state index >= 15 is 0 Å². The third-order valence-corrected chi connectivity index (χ3v) is 3.08. The molecule has 1 fully saturated rings. The van der Waals surface area contributed by atoms with Gasteiger partial charge >= 0.3 is 5.97 Å². The Hall–Kier alpha value is -1.93. The molecular weight excluding hydrogens is 280 g/mol. The van der Waals surface area contributed by atoms with Crippen molar-refractivity contribution in [2.75, 3.05) is 19.8 Å². The molecule has 1 amide bonds. The number of carbonyl (C=O) groups is 2. The zero-order chi connectivity index (χ0) is 15.2. The zero-order valence-electron chi connectivity index (χ0n) is 11.7. The fraction of sp³-hybridized carbons (Fsp3) is 0.615. The topological polar surface area (TPSA) is 111 Å². The Kier molecular flexibility index (Phi) is 5.29. The minimum absolute atomic E-state index is 0.0872. The first-order valence-corrected chi connectivity index (χ1v) is 6.67. The average molecular weight is 298 g/mol.